The lowest BCUT2D eigenvalue weighted by molar-refractivity contribution is -0.136. The zero-order valence-electron chi connectivity index (χ0n) is 15.2. The van der Waals surface area contributed by atoms with E-state index in [9.17, 15) is 14.0 Å². The molecule has 28 heavy (non-hydrogen) atoms. The van der Waals surface area contributed by atoms with E-state index < -0.39 is 5.97 Å². The van der Waals surface area contributed by atoms with Crippen LogP contribution in [0.25, 0.3) is 11.3 Å². The van der Waals surface area contributed by atoms with E-state index in [1.165, 1.54) is 29.0 Å². The molecule has 0 fully saturated rings. The van der Waals surface area contributed by atoms with Crippen LogP contribution in [-0.4, -0.2) is 22.0 Å². The van der Waals surface area contributed by atoms with Crippen molar-refractivity contribution in [1.29, 1.82) is 0 Å². The van der Waals surface area contributed by atoms with E-state index in [1.807, 2.05) is 24.3 Å². The highest BCUT2D eigenvalue weighted by atomic mass is 32.1. The van der Waals surface area contributed by atoms with Crippen molar-refractivity contribution >= 4 is 28.9 Å². The van der Waals surface area contributed by atoms with E-state index in [-0.39, 0.29) is 24.6 Å². The Labute approximate surface area is 165 Å². The summed E-state index contributed by atoms with van der Waals surface area (Å²) in [5, 5.41) is 12.5. The van der Waals surface area contributed by atoms with Crippen LogP contribution in [0.1, 0.15) is 22.4 Å². The molecule has 2 N–H and O–H groups in total. The third-order valence-corrected chi connectivity index (χ3v) is 5.18. The number of hydrogen-bond donors (Lipinski definition) is 2. The predicted octanol–water partition coefficient (Wildman–Crippen LogP) is 4.32. The summed E-state index contributed by atoms with van der Waals surface area (Å²) in [7, 11) is 0. The molecule has 3 rings (SSSR count). The van der Waals surface area contributed by atoms with Gasteiger partial charge in [-0.15, -0.1) is 11.3 Å². The number of rotatable bonds is 7. The Morgan fingerprint density at radius 2 is 1.75 bits per heavy atom. The first-order chi connectivity index (χ1) is 13.4. The summed E-state index contributed by atoms with van der Waals surface area (Å²) >= 11 is 1.19. The maximum Gasteiger partial charge on any atom is 0.308 e. The first-order valence-corrected chi connectivity index (χ1v) is 9.61. The van der Waals surface area contributed by atoms with Crippen molar-refractivity contribution in [2.24, 2.45) is 0 Å². The highest BCUT2D eigenvalue weighted by molar-refractivity contribution is 7.12. The largest absolute Gasteiger partial charge is 0.481 e. The molecule has 0 aliphatic heterocycles. The minimum Gasteiger partial charge on any atom is -0.481 e. The Bertz CT molecular complexity index is 982. The summed E-state index contributed by atoms with van der Waals surface area (Å²) in [6, 6.07) is 13.3. The molecule has 7 heteroatoms. The van der Waals surface area contributed by atoms with Crippen LogP contribution in [0.2, 0.25) is 0 Å². The fraction of sp³-hybridized carbons (Fsp3) is 0.190. The molecule has 0 aliphatic carbocycles. The van der Waals surface area contributed by atoms with Gasteiger partial charge in [0.15, 0.2) is 0 Å². The molecule has 0 aliphatic rings. The summed E-state index contributed by atoms with van der Waals surface area (Å²) in [4.78, 5) is 28.5. The number of hydrogen-bond acceptors (Lipinski definition) is 4. The maximum atomic E-state index is 13.2. The number of aliphatic carboxylic acids is 1. The number of halogens is 1. The van der Waals surface area contributed by atoms with Gasteiger partial charge in [0.05, 0.1) is 18.5 Å². The number of nitrogens with one attached hydrogen (secondary N) is 1. The van der Waals surface area contributed by atoms with Gasteiger partial charge in [0, 0.05) is 16.1 Å². The van der Waals surface area contributed by atoms with E-state index in [0.29, 0.717) is 26.8 Å². The smallest absolute Gasteiger partial charge is 0.308 e. The number of aromatic nitrogens is 1. The predicted molar refractivity (Wildman–Crippen MR) is 107 cm³/mol. The number of carbonyl (C=O) groups is 2. The average Bonchev–Trinajstić information content (AvgIpc) is 3.04. The minimum atomic E-state index is -0.987. The molecule has 0 spiro atoms. The lowest BCUT2D eigenvalue weighted by atomic mass is 10.1. The molecular weight excluding hydrogens is 379 g/mol. The van der Waals surface area contributed by atoms with Gasteiger partial charge >= 0.3 is 5.97 Å². The van der Waals surface area contributed by atoms with Gasteiger partial charge in [-0.2, -0.15) is 0 Å². The summed E-state index contributed by atoms with van der Waals surface area (Å²) in [5.41, 5.74) is 2.97. The van der Waals surface area contributed by atoms with E-state index in [2.05, 4.69) is 17.2 Å². The van der Waals surface area contributed by atoms with Gasteiger partial charge < -0.3 is 10.4 Å². The van der Waals surface area contributed by atoms with Gasteiger partial charge in [0.2, 0.25) is 5.91 Å². The number of aryl methyl sites for hydroxylation is 1. The van der Waals surface area contributed by atoms with Crippen LogP contribution in [0.4, 0.5) is 10.1 Å². The molecule has 0 radical (unpaired) electrons. The van der Waals surface area contributed by atoms with Crippen LogP contribution in [0.15, 0.2) is 48.5 Å². The van der Waals surface area contributed by atoms with Crippen LogP contribution in [0.3, 0.4) is 0 Å². The van der Waals surface area contributed by atoms with Gasteiger partial charge in [-0.3, -0.25) is 9.59 Å². The van der Waals surface area contributed by atoms with Crippen molar-refractivity contribution in [3.8, 4) is 11.3 Å². The number of benzene rings is 2. The number of nitrogens with zero attached hydrogens (tertiary/aromatic N) is 1. The van der Waals surface area contributed by atoms with E-state index >= 15 is 0 Å². The highest BCUT2D eigenvalue weighted by Crippen LogP contribution is 2.29. The molecule has 1 heterocycles. The quantitative estimate of drug-likeness (QED) is 0.621. The number of thiazole rings is 1. The van der Waals surface area contributed by atoms with Crippen LogP contribution >= 0.6 is 11.3 Å². The molecule has 5 nitrogen and oxygen atoms in total. The van der Waals surface area contributed by atoms with E-state index in [0.717, 1.165) is 6.42 Å². The Balaban J connectivity index is 1.78. The molecule has 3 aromatic rings. The lowest BCUT2D eigenvalue weighted by Gasteiger charge is -2.04. The second-order valence-electron chi connectivity index (χ2n) is 6.23. The molecule has 1 aromatic heterocycles. The molecule has 2 aromatic carbocycles. The van der Waals surface area contributed by atoms with Gasteiger partial charge in [-0.25, -0.2) is 9.37 Å². The van der Waals surface area contributed by atoms with Crippen molar-refractivity contribution < 1.29 is 19.1 Å². The van der Waals surface area contributed by atoms with Crippen molar-refractivity contribution in [3.05, 3.63) is 69.8 Å². The number of carbonyl (C=O) groups excluding carboxylic acids is 1. The summed E-state index contributed by atoms with van der Waals surface area (Å²) in [5.74, 6) is -1.60. The fourth-order valence-corrected chi connectivity index (χ4v) is 3.81. The van der Waals surface area contributed by atoms with Crippen LogP contribution < -0.4 is 5.32 Å². The molecule has 0 bridgehead atoms. The zero-order valence-corrected chi connectivity index (χ0v) is 16.1. The van der Waals surface area contributed by atoms with Crippen LogP contribution in [0.5, 0.6) is 0 Å². The average molecular weight is 398 g/mol. The standard InChI is InChI=1S/C21H19FN2O3S/c1-2-13-3-9-16(10-4-13)23-18(25)12-19-24-21(17(28-19)11-20(26)27)14-5-7-15(22)8-6-14/h3-10H,2,11-12H2,1H3,(H,23,25)(H,26,27). The molecule has 0 saturated carbocycles. The molecule has 0 saturated heterocycles. The SMILES string of the molecule is CCc1ccc(NC(=O)Cc2nc(-c3ccc(F)cc3)c(CC(=O)O)s2)cc1. The van der Waals surface area contributed by atoms with Crippen molar-refractivity contribution in [1.82, 2.24) is 4.98 Å². The number of carboxylic acid groups (broad SMARTS) is 1. The summed E-state index contributed by atoms with van der Waals surface area (Å²) in [6.07, 6.45) is 0.754. The first kappa shape index (κ1) is 19.7. The topological polar surface area (TPSA) is 79.3 Å². The Morgan fingerprint density at radius 3 is 2.36 bits per heavy atom. The minimum absolute atomic E-state index is 0.0357. The second-order valence-corrected chi connectivity index (χ2v) is 7.40. The van der Waals surface area contributed by atoms with E-state index in [4.69, 9.17) is 5.11 Å². The lowest BCUT2D eigenvalue weighted by Crippen LogP contribution is -2.14. The Kier molecular flexibility index (Phi) is 6.16. The number of anilines is 1. The van der Waals surface area contributed by atoms with Gasteiger partial charge in [0.25, 0.3) is 0 Å². The molecule has 1 amide bonds. The van der Waals surface area contributed by atoms with Crippen LogP contribution in [-0.2, 0) is 28.9 Å². The summed E-state index contributed by atoms with van der Waals surface area (Å²) in [6.45, 7) is 2.06. The van der Waals surface area contributed by atoms with Crippen molar-refractivity contribution in [3.63, 3.8) is 0 Å². The molecule has 0 atom stereocenters. The normalized spacial score (nSPS) is 10.6. The molecule has 0 unspecified atom stereocenters. The Morgan fingerprint density at radius 1 is 1.07 bits per heavy atom. The van der Waals surface area contributed by atoms with E-state index in [1.54, 1.807) is 12.1 Å². The van der Waals surface area contributed by atoms with Gasteiger partial charge in [-0.05, 0) is 48.4 Å². The van der Waals surface area contributed by atoms with Crippen molar-refractivity contribution in [2.75, 3.05) is 5.32 Å². The second kappa shape index (κ2) is 8.75. The third-order valence-electron chi connectivity index (χ3n) is 4.13. The highest BCUT2D eigenvalue weighted by Gasteiger charge is 2.17. The Hall–Kier alpha value is -3.06. The third kappa shape index (κ3) is 5.01. The van der Waals surface area contributed by atoms with Crippen molar-refractivity contribution in [2.45, 2.75) is 26.2 Å². The first-order valence-electron chi connectivity index (χ1n) is 8.79. The zero-order chi connectivity index (χ0) is 20.1. The summed E-state index contributed by atoms with van der Waals surface area (Å²) < 4.78 is 13.2. The number of amides is 1. The maximum absolute atomic E-state index is 13.2. The fourth-order valence-electron chi connectivity index (χ4n) is 2.73. The monoisotopic (exact) mass is 398 g/mol. The van der Waals surface area contributed by atoms with Gasteiger partial charge in [-0.1, -0.05) is 19.1 Å². The molecule has 144 valence electrons. The number of carboxylic acids is 1. The van der Waals surface area contributed by atoms with Crippen LogP contribution in [0, 0.1) is 5.82 Å². The van der Waals surface area contributed by atoms with Gasteiger partial charge in [0.1, 0.15) is 10.8 Å². The molecular formula is C21H19FN2O3S.